The maximum atomic E-state index is 6.26. The van der Waals surface area contributed by atoms with E-state index in [0.717, 1.165) is 71.0 Å². The molecule has 8 aromatic rings. The Labute approximate surface area is 239 Å². The first-order chi connectivity index (χ1) is 19.7. The normalized spacial score (nSPS) is 11.6. The number of rotatable bonds is 4. The van der Waals surface area contributed by atoms with Crippen LogP contribution >= 0.6 is 15.9 Å². The lowest BCUT2D eigenvalue weighted by Crippen LogP contribution is -2.09. The first-order valence-corrected chi connectivity index (χ1v) is 14.0. The first kappa shape index (κ1) is 23.1. The van der Waals surface area contributed by atoms with Gasteiger partial charge in [0.05, 0.1) is 0 Å². The molecule has 0 N–H and O–H groups in total. The molecule has 0 spiro atoms. The topological polar surface area (TPSA) is 29.5 Å². The third-order valence-electron chi connectivity index (χ3n) is 7.52. The molecule has 0 unspecified atom stereocenters. The van der Waals surface area contributed by atoms with E-state index in [1.54, 1.807) is 0 Å². The summed E-state index contributed by atoms with van der Waals surface area (Å²) in [5.41, 5.74) is 8.90. The third kappa shape index (κ3) is 3.80. The lowest BCUT2D eigenvalue weighted by molar-refractivity contribution is 0.669. The number of furan rings is 2. The summed E-state index contributed by atoms with van der Waals surface area (Å²) in [5.74, 6) is 0. The molecule has 2 heterocycles. The van der Waals surface area contributed by atoms with Crippen molar-refractivity contribution in [1.82, 2.24) is 0 Å². The van der Waals surface area contributed by atoms with Crippen LogP contribution in [0.1, 0.15) is 0 Å². The number of para-hydroxylation sites is 2. The van der Waals surface area contributed by atoms with Gasteiger partial charge in [0, 0.05) is 55.2 Å². The molecule has 0 amide bonds. The average Bonchev–Trinajstić information content (AvgIpc) is 3.55. The van der Waals surface area contributed by atoms with Crippen LogP contribution in [0.3, 0.4) is 0 Å². The van der Waals surface area contributed by atoms with Crippen LogP contribution in [0.15, 0.2) is 147 Å². The number of benzene rings is 6. The Morgan fingerprint density at radius 3 is 1.50 bits per heavy atom. The van der Waals surface area contributed by atoms with Gasteiger partial charge in [0.1, 0.15) is 22.3 Å². The van der Waals surface area contributed by atoms with Gasteiger partial charge in [-0.3, -0.25) is 0 Å². The maximum Gasteiger partial charge on any atom is 0.137 e. The van der Waals surface area contributed by atoms with Crippen molar-refractivity contribution in [2.75, 3.05) is 4.90 Å². The van der Waals surface area contributed by atoms with E-state index in [0.29, 0.717) is 0 Å². The largest absolute Gasteiger partial charge is 0.456 e. The van der Waals surface area contributed by atoms with E-state index in [4.69, 9.17) is 8.83 Å². The summed E-state index contributed by atoms with van der Waals surface area (Å²) in [7, 11) is 0. The highest BCUT2D eigenvalue weighted by Crippen LogP contribution is 2.41. The van der Waals surface area contributed by atoms with E-state index in [2.05, 4.69) is 112 Å². The summed E-state index contributed by atoms with van der Waals surface area (Å²) in [4.78, 5) is 2.25. The van der Waals surface area contributed by atoms with Crippen molar-refractivity contribution >= 4 is 76.9 Å². The smallest absolute Gasteiger partial charge is 0.137 e. The van der Waals surface area contributed by atoms with Gasteiger partial charge in [0.25, 0.3) is 0 Å². The summed E-state index contributed by atoms with van der Waals surface area (Å²) in [6, 6.07) is 46.3. The van der Waals surface area contributed by atoms with E-state index < -0.39 is 0 Å². The van der Waals surface area contributed by atoms with E-state index >= 15 is 0 Å². The van der Waals surface area contributed by atoms with Crippen LogP contribution in [0, 0.1) is 0 Å². The van der Waals surface area contributed by atoms with E-state index in [-0.39, 0.29) is 0 Å². The first-order valence-electron chi connectivity index (χ1n) is 13.2. The number of nitrogens with zero attached hydrogens (tertiary/aromatic N) is 1. The minimum Gasteiger partial charge on any atom is -0.456 e. The molecule has 0 radical (unpaired) electrons. The van der Waals surface area contributed by atoms with Crippen molar-refractivity contribution in [3.63, 3.8) is 0 Å². The molecule has 40 heavy (non-hydrogen) atoms. The molecule has 190 valence electrons. The molecule has 3 nitrogen and oxygen atoms in total. The zero-order chi connectivity index (χ0) is 26.6. The second-order valence-electron chi connectivity index (χ2n) is 9.95. The van der Waals surface area contributed by atoms with Crippen LogP contribution < -0.4 is 4.90 Å². The standard InChI is InChI=1S/C36H22BrNO2/c37-25-7-5-6-24(20-25)23-12-14-26(15-13-23)38(27-16-18-31-29-8-1-3-10-33(29)39-35(31)21-27)28-17-19-32-30-9-2-4-11-34(30)40-36(32)22-28/h1-22H. The maximum absolute atomic E-state index is 6.26. The highest BCUT2D eigenvalue weighted by molar-refractivity contribution is 9.10. The van der Waals surface area contributed by atoms with Crippen LogP contribution in [-0.4, -0.2) is 0 Å². The van der Waals surface area contributed by atoms with Gasteiger partial charge in [-0.05, 0) is 71.8 Å². The molecule has 0 aliphatic rings. The van der Waals surface area contributed by atoms with Gasteiger partial charge in [0.2, 0.25) is 0 Å². The molecule has 0 fully saturated rings. The lowest BCUT2D eigenvalue weighted by Gasteiger charge is -2.25. The Morgan fingerprint density at radius 1 is 0.400 bits per heavy atom. The Balaban J connectivity index is 1.30. The summed E-state index contributed by atoms with van der Waals surface area (Å²) in [6.45, 7) is 0. The minimum absolute atomic E-state index is 0.860. The number of halogens is 1. The SMILES string of the molecule is Brc1cccc(-c2ccc(N(c3ccc4c(c3)oc3ccccc34)c3ccc4c(c3)oc3ccccc34)cc2)c1. The van der Waals surface area contributed by atoms with Gasteiger partial charge in [-0.25, -0.2) is 0 Å². The van der Waals surface area contributed by atoms with Crippen LogP contribution in [0.5, 0.6) is 0 Å². The molecular weight excluding hydrogens is 558 g/mol. The quantitative estimate of drug-likeness (QED) is 0.207. The molecule has 6 aromatic carbocycles. The molecule has 0 bridgehead atoms. The van der Waals surface area contributed by atoms with Crippen molar-refractivity contribution in [1.29, 1.82) is 0 Å². The second kappa shape index (κ2) is 9.15. The molecule has 0 saturated carbocycles. The van der Waals surface area contributed by atoms with E-state index in [9.17, 15) is 0 Å². The van der Waals surface area contributed by atoms with E-state index in [1.807, 2.05) is 42.5 Å². The number of anilines is 3. The van der Waals surface area contributed by atoms with Crippen LogP contribution in [0.2, 0.25) is 0 Å². The monoisotopic (exact) mass is 579 g/mol. The summed E-state index contributed by atoms with van der Waals surface area (Å²) < 4.78 is 13.6. The Bertz CT molecular complexity index is 2080. The van der Waals surface area contributed by atoms with Crippen LogP contribution in [0.25, 0.3) is 55.0 Å². The fourth-order valence-corrected chi connectivity index (χ4v) is 6.02. The van der Waals surface area contributed by atoms with E-state index in [1.165, 1.54) is 5.56 Å². The highest BCUT2D eigenvalue weighted by Gasteiger charge is 2.17. The highest BCUT2D eigenvalue weighted by atomic mass is 79.9. The molecule has 4 heteroatoms. The zero-order valence-electron chi connectivity index (χ0n) is 21.3. The molecular formula is C36H22BrNO2. The van der Waals surface area contributed by atoms with Crippen molar-refractivity contribution in [2.45, 2.75) is 0 Å². The predicted molar refractivity (Wildman–Crippen MR) is 169 cm³/mol. The molecule has 8 rings (SSSR count). The molecule has 0 aliphatic heterocycles. The summed E-state index contributed by atoms with van der Waals surface area (Å²) in [6.07, 6.45) is 0. The average molecular weight is 580 g/mol. The van der Waals surface area contributed by atoms with Crippen molar-refractivity contribution in [2.24, 2.45) is 0 Å². The van der Waals surface area contributed by atoms with Gasteiger partial charge in [-0.15, -0.1) is 0 Å². The summed E-state index contributed by atoms with van der Waals surface area (Å²) >= 11 is 3.60. The van der Waals surface area contributed by atoms with Crippen LogP contribution in [0.4, 0.5) is 17.1 Å². The van der Waals surface area contributed by atoms with Gasteiger partial charge in [-0.2, -0.15) is 0 Å². The lowest BCUT2D eigenvalue weighted by atomic mass is 10.0. The van der Waals surface area contributed by atoms with Gasteiger partial charge < -0.3 is 13.7 Å². The molecule has 0 atom stereocenters. The Morgan fingerprint density at radius 2 is 0.925 bits per heavy atom. The van der Waals surface area contributed by atoms with Gasteiger partial charge in [0.15, 0.2) is 0 Å². The zero-order valence-corrected chi connectivity index (χ0v) is 22.9. The third-order valence-corrected chi connectivity index (χ3v) is 8.02. The molecule has 0 saturated heterocycles. The predicted octanol–water partition coefficient (Wildman–Crippen LogP) is 11.4. The van der Waals surface area contributed by atoms with Crippen molar-refractivity contribution in [3.05, 3.63) is 138 Å². The number of hydrogen-bond acceptors (Lipinski definition) is 3. The molecule has 0 aliphatic carbocycles. The fraction of sp³-hybridized carbons (Fsp3) is 0. The van der Waals surface area contributed by atoms with Gasteiger partial charge in [-0.1, -0.05) is 76.6 Å². The van der Waals surface area contributed by atoms with Gasteiger partial charge >= 0.3 is 0 Å². The Kier molecular flexibility index (Phi) is 5.29. The number of fused-ring (bicyclic) bond motifs is 6. The number of hydrogen-bond donors (Lipinski definition) is 0. The minimum atomic E-state index is 0.860. The second-order valence-corrected chi connectivity index (χ2v) is 10.9. The van der Waals surface area contributed by atoms with Crippen molar-refractivity contribution < 1.29 is 8.83 Å². The van der Waals surface area contributed by atoms with Crippen molar-refractivity contribution in [3.8, 4) is 11.1 Å². The summed E-state index contributed by atoms with van der Waals surface area (Å²) in [5, 5.41) is 4.46. The fourth-order valence-electron chi connectivity index (χ4n) is 5.63. The van der Waals surface area contributed by atoms with Crippen LogP contribution in [-0.2, 0) is 0 Å². The molecule has 2 aromatic heterocycles. The Hall–Kier alpha value is -4.80.